The van der Waals surface area contributed by atoms with Crippen molar-refractivity contribution in [1.29, 1.82) is 0 Å². The van der Waals surface area contributed by atoms with Crippen LogP contribution in [0.4, 0.5) is 34.1 Å². The third-order valence-corrected chi connectivity index (χ3v) is 25.8. The summed E-state index contributed by atoms with van der Waals surface area (Å²) >= 11 is 0. The Bertz CT molecular complexity index is 3760. The van der Waals surface area contributed by atoms with Gasteiger partial charge in [0, 0.05) is 34.0 Å². The smallest absolute Gasteiger partial charge is 0.252 e. The largest absolute Gasteiger partial charge is 0.311 e. The first-order valence-corrected chi connectivity index (χ1v) is 31.2. The normalized spacial score (nSPS) is 20.4. The van der Waals surface area contributed by atoms with Crippen molar-refractivity contribution in [2.75, 3.05) is 9.80 Å². The van der Waals surface area contributed by atoms with Crippen molar-refractivity contribution in [2.24, 2.45) is 0 Å². The number of hydrogen-bond acceptors (Lipinski definition) is 2. The van der Waals surface area contributed by atoms with E-state index in [9.17, 15) is 0 Å². The van der Waals surface area contributed by atoms with Crippen molar-refractivity contribution in [2.45, 2.75) is 161 Å². The summed E-state index contributed by atoms with van der Waals surface area (Å²) in [7, 11) is -2.81. The minimum Gasteiger partial charge on any atom is -0.311 e. The van der Waals surface area contributed by atoms with Gasteiger partial charge in [0.25, 0.3) is 6.71 Å². The highest BCUT2D eigenvalue weighted by Crippen LogP contribution is 2.55. The molecular formula is C73H77BN2Si. The van der Waals surface area contributed by atoms with E-state index in [-0.39, 0.29) is 39.2 Å². The van der Waals surface area contributed by atoms with Crippen molar-refractivity contribution in [3.63, 3.8) is 0 Å². The van der Waals surface area contributed by atoms with Crippen LogP contribution < -0.4 is 46.9 Å². The topological polar surface area (TPSA) is 6.48 Å². The standard InChI is InChI=1S/C73H77BN2Si/c1-46-39-62-67-63(40-46)76(59-28-22-30-65-66(59)50-27-20-21-29-64(50)77(65,48-23-16-14-17-24-48)49-25-18-15-19-26-49)61-45-56-54(71(8,9)36-38-73(56,12)13)43-58(61)74(67)57-42-53-55(72(10,11)37-35-70(53,6)7)44-60(57)75(62)47-31-32-51-52(41-47)69(4,5)34-33-68(51,2)3/h14-32,39-45H,33-38H2,1-13H3. The zero-order valence-corrected chi connectivity index (χ0v) is 49.2. The Labute approximate surface area is 462 Å². The Balaban J connectivity index is 1.13. The number of fused-ring (bicyclic) bond motifs is 10. The van der Waals surface area contributed by atoms with Gasteiger partial charge >= 0.3 is 0 Å². The van der Waals surface area contributed by atoms with Crippen molar-refractivity contribution >= 4 is 86.0 Å². The van der Waals surface area contributed by atoms with E-state index in [0.29, 0.717) is 0 Å². The zero-order valence-electron chi connectivity index (χ0n) is 48.2. The van der Waals surface area contributed by atoms with Crippen molar-refractivity contribution in [3.05, 3.63) is 197 Å². The van der Waals surface area contributed by atoms with Gasteiger partial charge in [0.15, 0.2) is 8.07 Å². The first-order valence-electron chi connectivity index (χ1n) is 29.2. The van der Waals surface area contributed by atoms with E-state index in [1.54, 1.807) is 0 Å². The average molecular weight is 1020 g/mol. The molecule has 4 heteroatoms. The minimum absolute atomic E-state index is 0.0161. The summed E-state index contributed by atoms with van der Waals surface area (Å²) in [6.07, 6.45) is 7.06. The van der Waals surface area contributed by atoms with Gasteiger partial charge in [-0.15, -0.1) is 0 Å². The lowest BCUT2D eigenvalue weighted by molar-refractivity contribution is 0.332. The van der Waals surface area contributed by atoms with Crippen LogP contribution in [-0.2, 0) is 32.5 Å². The molecule has 14 rings (SSSR count). The molecule has 0 aromatic heterocycles. The second kappa shape index (κ2) is 16.1. The van der Waals surface area contributed by atoms with Gasteiger partial charge in [-0.25, -0.2) is 0 Å². The van der Waals surface area contributed by atoms with Crippen LogP contribution in [0.25, 0.3) is 11.1 Å². The Hall–Kier alpha value is -6.36. The van der Waals surface area contributed by atoms with Gasteiger partial charge in [-0.05, 0) is 202 Å². The van der Waals surface area contributed by atoms with Crippen molar-refractivity contribution in [1.82, 2.24) is 0 Å². The lowest BCUT2D eigenvalue weighted by Crippen LogP contribution is -2.72. The summed E-state index contributed by atoms with van der Waals surface area (Å²) in [5.41, 5.74) is 25.6. The van der Waals surface area contributed by atoms with Crippen molar-refractivity contribution in [3.8, 4) is 11.1 Å². The highest BCUT2D eigenvalue weighted by Gasteiger charge is 2.53. The molecule has 77 heavy (non-hydrogen) atoms. The van der Waals surface area contributed by atoms with Crippen LogP contribution in [0, 0.1) is 6.92 Å². The Morgan fingerprint density at radius 1 is 0.364 bits per heavy atom. The van der Waals surface area contributed by atoms with Crippen LogP contribution in [0.2, 0.25) is 0 Å². The van der Waals surface area contributed by atoms with E-state index < -0.39 is 8.07 Å². The summed E-state index contributed by atoms with van der Waals surface area (Å²) in [5, 5.41) is 5.81. The predicted molar refractivity (Wildman–Crippen MR) is 334 cm³/mol. The van der Waals surface area contributed by atoms with Crippen LogP contribution >= 0.6 is 0 Å². The van der Waals surface area contributed by atoms with Crippen LogP contribution in [0.15, 0.2) is 158 Å². The summed E-state index contributed by atoms with van der Waals surface area (Å²) in [4.78, 5) is 5.54. The number of aryl methyl sites for hydroxylation is 1. The highest BCUT2D eigenvalue weighted by atomic mass is 28.3. The number of nitrogens with zero attached hydrogens (tertiary/aromatic N) is 2. The number of anilines is 6. The lowest BCUT2D eigenvalue weighted by atomic mass is 9.32. The van der Waals surface area contributed by atoms with Crippen LogP contribution in [0.5, 0.6) is 0 Å². The maximum atomic E-state index is 2.79. The van der Waals surface area contributed by atoms with E-state index in [2.05, 4.69) is 258 Å². The maximum Gasteiger partial charge on any atom is 0.252 e. The van der Waals surface area contributed by atoms with Crippen molar-refractivity contribution < 1.29 is 0 Å². The molecule has 0 unspecified atom stereocenters. The molecule has 0 amide bonds. The molecule has 8 aromatic carbocycles. The van der Waals surface area contributed by atoms with Gasteiger partial charge in [-0.3, -0.25) is 0 Å². The Morgan fingerprint density at radius 3 is 1.32 bits per heavy atom. The van der Waals surface area contributed by atoms with Crippen LogP contribution in [-0.4, -0.2) is 14.8 Å². The van der Waals surface area contributed by atoms with E-state index in [0.717, 1.165) is 6.42 Å². The quantitative estimate of drug-likeness (QED) is 0.162. The van der Waals surface area contributed by atoms with E-state index in [4.69, 9.17) is 0 Å². The second-order valence-electron chi connectivity index (χ2n) is 28.5. The van der Waals surface area contributed by atoms with Gasteiger partial charge < -0.3 is 9.80 Å². The average Bonchev–Trinajstić information content (AvgIpc) is 3.99. The predicted octanol–water partition coefficient (Wildman–Crippen LogP) is 14.5. The molecule has 3 aliphatic carbocycles. The fraction of sp³-hybridized carbons (Fsp3) is 0.342. The fourth-order valence-electron chi connectivity index (χ4n) is 16.2. The van der Waals surface area contributed by atoms with Gasteiger partial charge in [0.05, 0.1) is 5.69 Å². The summed E-state index contributed by atoms with van der Waals surface area (Å²) in [5.74, 6) is 0. The fourth-order valence-corrected chi connectivity index (χ4v) is 21.4. The van der Waals surface area contributed by atoms with Crippen LogP contribution in [0.1, 0.15) is 161 Å². The summed E-state index contributed by atoms with van der Waals surface area (Å²) < 4.78 is 0. The molecule has 0 radical (unpaired) electrons. The molecule has 0 fully saturated rings. The number of benzene rings is 8. The molecule has 0 bridgehead atoms. The highest BCUT2D eigenvalue weighted by molar-refractivity contribution is 7.22. The monoisotopic (exact) mass is 1020 g/mol. The minimum atomic E-state index is -2.81. The third kappa shape index (κ3) is 6.79. The summed E-state index contributed by atoms with van der Waals surface area (Å²) in [6, 6.07) is 63.6. The Kier molecular flexibility index (Phi) is 10.3. The van der Waals surface area contributed by atoms with E-state index >= 15 is 0 Å². The molecule has 8 aromatic rings. The molecule has 0 spiro atoms. The van der Waals surface area contributed by atoms with Gasteiger partial charge in [-0.2, -0.15) is 0 Å². The lowest BCUT2D eigenvalue weighted by Gasteiger charge is -2.49. The zero-order chi connectivity index (χ0) is 53.6. The SMILES string of the molecule is Cc1cc2c3c(c1)N(c1cccc4c1-c1ccccc1[Si]4(c1ccccc1)c1ccccc1)c1cc4c(cc1B3c1cc3c(cc1N2c1ccc2c(c1)C(C)(C)CCC2(C)C)C(C)(C)CCC3(C)C)C(C)(C)CCC4(C)C. The maximum absolute atomic E-state index is 2.81. The molecule has 0 saturated heterocycles. The molecule has 3 aliphatic heterocycles. The Morgan fingerprint density at radius 2 is 0.792 bits per heavy atom. The summed E-state index contributed by atoms with van der Waals surface area (Å²) in [6.45, 7) is 32.4. The first-order chi connectivity index (χ1) is 36.6. The molecule has 6 aliphatic rings. The van der Waals surface area contributed by atoms with E-state index in [1.807, 2.05) is 0 Å². The number of rotatable bonds is 4. The third-order valence-electron chi connectivity index (χ3n) is 21.0. The first kappa shape index (κ1) is 49.0. The molecule has 2 nitrogen and oxygen atoms in total. The van der Waals surface area contributed by atoms with E-state index in [1.165, 1.54) is 153 Å². The molecule has 386 valence electrons. The second-order valence-corrected chi connectivity index (χ2v) is 32.2. The molecule has 3 heterocycles. The van der Waals surface area contributed by atoms with Crippen LogP contribution in [0.3, 0.4) is 0 Å². The molecule has 0 saturated carbocycles. The molecule has 0 atom stereocenters. The molecule has 0 N–H and O–H groups in total. The van der Waals surface area contributed by atoms with Gasteiger partial charge in [-0.1, -0.05) is 198 Å². The van der Waals surface area contributed by atoms with Gasteiger partial charge in [0.1, 0.15) is 0 Å². The molecular weight excluding hydrogens is 944 g/mol. The number of hydrogen-bond donors (Lipinski definition) is 0. The van der Waals surface area contributed by atoms with Gasteiger partial charge in [0.2, 0.25) is 0 Å².